The molecule has 2 rings (SSSR count). The third kappa shape index (κ3) is 3.11. The number of halogens is 2. The Morgan fingerprint density at radius 1 is 1.22 bits per heavy atom. The van der Waals surface area contributed by atoms with Gasteiger partial charge < -0.3 is 5.32 Å². The Morgan fingerprint density at radius 2 is 1.94 bits per heavy atom. The first kappa shape index (κ1) is 13.5. The van der Waals surface area contributed by atoms with Crippen molar-refractivity contribution < 1.29 is 4.79 Å². The Balaban J connectivity index is 2.28. The van der Waals surface area contributed by atoms with Crippen molar-refractivity contribution in [3.05, 3.63) is 61.6 Å². The summed E-state index contributed by atoms with van der Waals surface area (Å²) >= 11 is 5.60. The first-order chi connectivity index (χ1) is 8.58. The van der Waals surface area contributed by atoms with Crippen LogP contribution in [-0.4, -0.2) is 5.91 Å². The molecule has 0 aromatic heterocycles. The number of para-hydroxylation sites is 1. The lowest BCUT2D eigenvalue weighted by Crippen LogP contribution is -2.13. The van der Waals surface area contributed by atoms with Gasteiger partial charge in [-0.2, -0.15) is 0 Å². The summed E-state index contributed by atoms with van der Waals surface area (Å²) in [7, 11) is 0. The van der Waals surface area contributed by atoms with E-state index < -0.39 is 0 Å². The number of hydrogen-bond donors (Lipinski definition) is 1. The number of rotatable bonds is 2. The highest BCUT2D eigenvalue weighted by molar-refractivity contribution is 14.1. The molecule has 2 nitrogen and oxygen atoms in total. The summed E-state index contributed by atoms with van der Waals surface area (Å²) in [5.74, 6) is -0.102. The van der Waals surface area contributed by atoms with Crippen molar-refractivity contribution in [1.29, 1.82) is 0 Å². The molecule has 0 saturated heterocycles. The third-order valence-electron chi connectivity index (χ3n) is 2.49. The fourth-order valence-corrected chi connectivity index (χ4v) is 2.51. The van der Waals surface area contributed by atoms with Crippen LogP contribution in [-0.2, 0) is 0 Å². The van der Waals surface area contributed by atoms with Crippen LogP contribution in [0.1, 0.15) is 15.9 Å². The molecule has 92 valence electrons. The number of amides is 1. The molecule has 1 N–H and O–H groups in total. The summed E-state index contributed by atoms with van der Waals surface area (Å²) in [5.41, 5.74) is 2.54. The van der Waals surface area contributed by atoms with E-state index in [9.17, 15) is 4.79 Å². The SMILES string of the molecule is Cc1ccc(Br)c(C(=O)Nc2ccccc2I)c1. The second-order valence-electron chi connectivity index (χ2n) is 3.92. The lowest BCUT2D eigenvalue weighted by atomic mass is 10.1. The summed E-state index contributed by atoms with van der Waals surface area (Å²) in [6, 6.07) is 13.4. The van der Waals surface area contributed by atoms with Crippen LogP contribution in [0.25, 0.3) is 0 Å². The zero-order chi connectivity index (χ0) is 13.1. The van der Waals surface area contributed by atoms with Crippen LogP contribution in [0.5, 0.6) is 0 Å². The van der Waals surface area contributed by atoms with Crippen molar-refractivity contribution in [2.45, 2.75) is 6.92 Å². The van der Waals surface area contributed by atoms with Gasteiger partial charge in [-0.1, -0.05) is 23.8 Å². The average molecular weight is 416 g/mol. The van der Waals surface area contributed by atoms with E-state index in [1.54, 1.807) is 0 Å². The molecule has 0 atom stereocenters. The van der Waals surface area contributed by atoms with Crippen LogP contribution in [0.2, 0.25) is 0 Å². The largest absolute Gasteiger partial charge is 0.321 e. The second kappa shape index (κ2) is 5.84. The molecule has 4 heteroatoms. The summed E-state index contributed by atoms with van der Waals surface area (Å²) in [5, 5.41) is 2.92. The van der Waals surface area contributed by atoms with Crippen molar-refractivity contribution in [2.24, 2.45) is 0 Å². The van der Waals surface area contributed by atoms with E-state index in [1.807, 2.05) is 49.4 Å². The number of aryl methyl sites for hydroxylation is 1. The van der Waals surface area contributed by atoms with Crippen LogP contribution in [0.4, 0.5) is 5.69 Å². The Bertz CT molecular complexity index is 598. The van der Waals surface area contributed by atoms with Gasteiger partial charge in [0.05, 0.1) is 11.3 Å². The summed E-state index contributed by atoms with van der Waals surface area (Å²) in [6.07, 6.45) is 0. The molecule has 0 aliphatic carbocycles. The monoisotopic (exact) mass is 415 g/mol. The number of hydrogen-bond acceptors (Lipinski definition) is 1. The van der Waals surface area contributed by atoms with Crippen LogP contribution in [0, 0.1) is 10.5 Å². The molecule has 1 amide bonds. The van der Waals surface area contributed by atoms with E-state index in [0.29, 0.717) is 5.56 Å². The van der Waals surface area contributed by atoms with Crippen LogP contribution in [0.15, 0.2) is 46.9 Å². The van der Waals surface area contributed by atoms with Gasteiger partial charge >= 0.3 is 0 Å². The number of carbonyl (C=O) groups is 1. The molecule has 0 fully saturated rings. The lowest BCUT2D eigenvalue weighted by Gasteiger charge is -2.09. The van der Waals surface area contributed by atoms with Crippen LogP contribution in [0.3, 0.4) is 0 Å². The lowest BCUT2D eigenvalue weighted by molar-refractivity contribution is 0.102. The summed E-state index contributed by atoms with van der Waals surface area (Å²) in [6.45, 7) is 1.97. The number of benzene rings is 2. The van der Waals surface area contributed by atoms with Crippen molar-refractivity contribution in [3.63, 3.8) is 0 Å². The smallest absolute Gasteiger partial charge is 0.256 e. The molecule has 0 aliphatic rings. The van der Waals surface area contributed by atoms with Gasteiger partial charge in [0.1, 0.15) is 0 Å². The van der Waals surface area contributed by atoms with Crippen LogP contribution >= 0.6 is 38.5 Å². The minimum absolute atomic E-state index is 0.102. The van der Waals surface area contributed by atoms with Crippen molar-refractivity contribution in [3.8, 4) is 0 Å². The quantitative estimate of drug-likeness (QED) is 0.712. The van der Waals surface area contributed by atoms with Gasteiger partial charge in [-0.05, 0) is 69.7 Å². The zero-order valence-corrected chi connectivity index (χ0v) is 13.4. The molecule has 0 saturated carbocycles. The first-order valence-corrected chi connectivity index (χ1v) is 7.27. The molecule has 2 aromatic carbocycles. The van der Waals surface area contributed by atoms with E-state index in [1.165, 1.54) is 0 Å². The maximum atomic E-state index is 12.2. The highest BCUT2D eigenvalue weighted by Gasteiger charge is 2.11. The maximum Gasteiger partial charge on any atom is 0.256 e. The van der Waals surface area contributed by atoms with Crippen molar-refractivity contribution >= 4 is 50.1 Å². The standard InChI is InChI=1S/C14H11BrINO/c1-9-6-7-11(15)10(8-9)14(18)17-13-5-3-2-4-12(13)16/h2-8H,1H3,(H,17,18). The summed E-state index contributed by atoms with van der Waals surface area (Å²) < 4.78 is 1.82. The molecule has 0 unspecified atom stereocenters. The fourth-order valence-electron chi connectivity index (χ4n) is 1.57. The molecule has 2 aromatic rings. The maximum absolute atomic E-state index is 12.2. The van der Waals surface area contributed by atoms with E-state index in [4.69, 9.17) is 0 Å². The highest BCUT2D eigenvalue weighted by atomic mass is 127. The van der Waals surface area contributed by atoms with Gasteiger partial charge in [-0.15, -0.1) is 0 Å². The molecular formula is C14H11BrINO. The van der Waals surface area contributed by atoms with E-state index >= 15 is 0 Å². The first-order valence-electron chi connectivity index (χ1n) is 5.40. The normalized spacial score (nSPS) is 10.2. The molecule has 18 heavy (non-hydrogen) atoms. The second-order valence-corrected chi connectivity index (χ2v) is 5.93. The molecule has 0 spiro atoms. The van der Waals surface area contributed by atoms with Gasteiger partial charge in [0.25, 0.3) is 5.91 Å². The molecule has 0 aliphatic heterocycles. The van der Waals surface area contributed by atoms with Gasteiger partial charge in [0.15, 0.2) is 0 Å². The van der Waals surface area contributed by atoms with Crippen molar-refractivity contribution in [1.82, 2.24) is 0 Å². The summed E-state index contributed by atoms with van der Waals surface area (Å²) in [4.78, 5) is 12.2. The topological polar surface area (TPSA) is 29.1 Å². The van der Waals surface area contributed by atoms with Gasteiger partial charge in [-0.3, -0.25) is 4.79 Å². The van der Waals surface area contributed by atoms with Gasteiger partial charge in [-0.25, -0.2) is 0 Å². The number of carbonyl (C=O) groups excluding carboxylic acids is 1. The number of anilines is 1. The van der Waals surface area contributed by atoms with Crippen molar-refractivity contribution in [2.75, 3.05) is 5.32 Å². The Morgan fingerprint density at radius 3 is 2.67 bits per heavy atom. The molecule has 0 heterocycles. The minimum Gasteiger partial charge on any atom is -0.321 e. The zero-order valence-electron chi connectivity index (χ0n) is 9.71. The predicted octanol–water partition coefficient (Wildman–Crippen LogP) is 4.61. The molecule has 0 bridgehead atoms. The van der Waals surface area contributed by atoms with Gasteiger partial charge in [0, 0.05) is 8.04 Å². The number of nitrogens with one attached hydrogen (secondary N) is 1. The Labute approximate surface area is 128 Å². The van der Waals surface area contributed by atoms with Gasteiger partial charge in [0.2, 0.25) is 0 Å². The van der Waals surface area contributed by atoms with E-state index in [0.717, 1.165) is 19.3 Å². The minimum atomic E-state index is -0.102. The predicted molar refractivity (Wildman–Crippen MR) is 86.0 cm³/mol. The Kier molecular flexibility index (Phi) is 4.40. The fraction of sp³-hybridized carbons (Fsp3) is 0.0714. The van der Waals surface area contributed by atoms with E-state index in [2.05, 4.69) is 43.8 Å². The van der Waals surface area contributed by atoms with E-state index in [-0.39, 0.29) is 5.91 Å². The van der Waals surface area contributed by atoms with Crippen LogP contribution < -0.4 is 5.32 Å². The third-order valence-corrected chi connectivity index (χ3v) is 4.12. The average Bonchev–Trinajstić information content (AvgIpc) is 2.35. The molecule has 0 radical (unpaired) electrons. The Hall–Kier alpha value is -0.880. The highest BCUT2D eigenvalue weighted by Crippen LogP contribution is 2.22. The molecular weight excluding hydrogens is 405 g/mol.